The van der Waals surface area contributed by atoms with Crippen molar-refractivity contribution in [3.8, 4) is 34.4 Å². The molecule has 2 amide bonds. The number of methoxy groups -OCH3 is 4. The average Bonchev–Trinajstić information content (AvgIpc) is 4.29. The Hall–Kier alpha value is -6.58. The molecule has 6 aromatic rings. The van der Waals surface area contributed by atoms with Gasteiger partial charge in [-0.3, -0.25) is 18.7 Å². The summed E-state index contributed by atoms with van der Waals surface area (Å²) in [5, 5.41) is 21.5. The molecule has 420 valence electrons. The molecule has 24 nitrogen and oxygen atoms in total. The first kappa shape index (κ1) is 59.1. The number of sulfone groups is 2. The zero-order valence-electron chi connectivity index (χ0n) is 44.6. The van der Waals surface area contributed by atoms with Gasteiger partial charge in [-0.25, -0.2) is 36.8 Å². The van der Waals surface area contributed by atoms with E-state index in [0.717, 1.165) is 0 Å². The maximum atomic E-state index is 13.9. The fraction of sp³-hybridized carbons (Fsp3) is 0.480. The van der Waals surface area contributed by atoms with Crippen molar-refractivity contribution in [1.82, 2.24) is 60.1 Å². The van der Waals surface area contributed by atoms with Crippen LogP contribution < -0.4 is 29.6 Å². The number of hydrogen-bond acceptors (Lipinski definition) is 20. The Morgan fingerprint density at radius 1 is 0.551 bits per heavy atom. The molecule has 0 bridgehead atoms. The normalized spacial score (nSPS) is 17.2. The minimum Gasteiger partial charge on any atom is -0.494 e. The average molecular weight is 1160 g/mol. The number of ether oxygens (including phenoxy) is 6. The molecule has 0 spiro atoms. The van der Waals surface area contributed by atoms with E-state index >= 15 is 0 Å². The standard InChI is InChI=1S/2C25H31ClN6O6S/c2*1-14(2)38-23(24-27-11-16(26)12-28-24)15(3)39(34,35)13-20-30-31-25(17-9-10-21(33)29-17)32(20)22-18(36-4)7-6-8-19(22)37-5/h2*6-8,11-12,14-15,17,23H,9-10,13H2,1-5H3,(H,29,33)/t15-,17+,23+;15-,17-,23+/m00/s1. The number of carbonyl (C=O) groups is 2. The van der Waals surface area contributed by atoms with E-state index in [1.165, 1.54) is 53.2 Å². The number of rotatable bonds is 22. The lowest BCUT2D eigenvalue weighted by Gasteiger charge is -2.25. The van der Waals surface area contributed by atoms with E-state index in [2.05, 4.69) is 51.0 Å². The number of hydrogen-bond donors (Lipinski definition) is 2. The maximum Gasteiger partial charge on any atom is 0.220 e. The van der Waals surface area contributed by atoms with E-state index < -0.39 is 66.0 Å². The molecule has 6 heterocycles. The molecule has 8 rings (SSSR count). The van der Waals surface area contributed by atoms with Crippen molar-refractivity contribution in [3.63, 3.8) is 0 Å². The molecule has 2 aromatic carbocycles. The molecule has 2 aliphatic heterocycles. The van der Waals surface area contributed by atoms with Gasteiger partial charge in [0.15, 0.2) is 54.6 Å². The Bertz CT molecular complexity index is 3030. The van der Waals surface area contributed by atoms with E-state index in [1.807, 2.05) is 0 Å². The topological polar surface area (TPSA) is 295 Å². The van der Waals surface area contributed by atoms with E-state index in [-0.39, 0.29) is 47.3 Å². The van der Waals surface area contributed by atoms with Gasteiger partial charge >= 0.3 is 0 Å². The van der Waals surface area contributed by atoms with Crippen molar-refractivity contribution < 1.29 is 54.8 Å². The molecule has 0 unspecified atom stereocenters. The highest BCUT2D eigenvalue weighted by atomic mass is 35.5. The highest BCUT2D eigenvalue weighted by Crippen LogP contribution is 2.40. The lowest BCUT2D eigenvalue weighted by Crippen LogP contribution is -2.32. The third-order valence-electron chi connectivity index (χ3n) is 12.6. The summed E-state index contributed by atoms with van der Waals surface area (Å²) in [6, 6.07) is 9.46. The number of amides is 2. The molecule has 6 atom stereocenters. The zero-order chi connectivity index (χ0) is 56.6. The molecule has 4 aromatic heterocycles. The van der Waals surface area contributed by atoms with Gasteiger partial charge in [-0.05, 0) is 78.6 Å². The van der Waals surface area contributed by atoms with Crippen LogP contribution in [0.3, 0.4) is 0 Å². The first-order chi connectivity index (χ1) is 37.1. The molecule has 2 fully saturated rings. The molecule has 2 aliphatic rings. The number of nitrogens with zero attached hydrogens (tertiary/aromatic N) is 10. The van der Waals surface area contributed by atoms with Gasteiger partial charge in [-0.1, -0.05) is 35.3 Å². The summed E-state index contributed by atoms with van der Waals surface area (Å²) >= 11 is 11.9. The van der Waals surface area contributed by atoms with Crippen molar-refractivity contribution in [2.24, 2.45) is 0 Å². The molecule has 78 heavy (non-hydrogen) atoms. The fourth-order valence-electron chi connectivity index (χ4n) is 8.79. The highest BCUT2D eigenvalue weighted by Gasteiger charge is 2.40. The summed E-state index contributed by atoms with van der Waals surface area (Å²) in [5.41, 5.74) is 0.857. The lowest BCUT2D eigenvalue weighted by molar-refractivity contribution is -0.120. The van der Waals surface area contributed by atoms with Gasteiger partial charge < -0.3 is 39.1 Å². The monoisotopic (exact) mass is 1160 g/mol. The number of halogens is 2. The Morgan fingerprint density at radius 3 is 1.14 bits per heavy atom. The lowest BCUT2D eigenvalue weighted by atomic mass is 10.2. The third kappa shape index (κ3) is 13.5. The van der Waals surface area contributed by atoms with Crippen molar-refractivity contribution in [2.45, 2.75) is 126 Å². The van der Waals surface area contributed by atoms with Crippen LogP contribution in [-0.2, 0) is 50.2 Å². The summed E-state index contributed by atoms with van der Waals surface area (Å²) in [6.07, 6.45) is 4.67. The number of para-hydroxylation sites is 2. The maximum absolute atomic E-state index is 13.9. The van der Waals surface area contributed by atoms with Crippen LogP contribution in [0.15, 0.2) is 61.2 Å². The molecule has 2 N–H and O–H groups in total. The largest absolute Gasteiger partial charge is 0.494 e. The van der Waals surface area contributed by atoms with Gasteiger partial charge in [-0.2, -0.15) is 0 Å². The first-order valence-electron chi connectivity index (χ1n) is 24.7. The predicted octanol–water partition coefficient (Wildman–Crippen LogP) is 6.30. The molecule has 0 saturated carbocycles. The van der Waals surface area contributed by atoms with E-state index in [4.69, 9.17) is 51.6 Å². The second-order valence-corrected chi connectivity index (χ2v) is 24.3. The zero-order valence-corrected chi connectivity index (χ0v) is 47.7. The highest BCUT2D eigenvalue weighted by molar-refractivity contribution is 7.91. The number of carbonyl (C=O) groups excluding carboxylic acids is 2. The molecule has 28 heteroatoms. The quantitative estimate of drug-likeness (QED) is 0.0754. The second kappa shape index (κ2) is 25.5. The molecule has 0 radical (unpaired) electrons. The van der Waals surface area contributed by atoms with Gasteiger partial charge in [0.05, 0.1) is 73.3 Å². The van der Waals surface area contributed by atoms with Gasteiger partial charge in [-0.15, -0.1) is 20.4 Å². The van der Waals surface area contributed by atoms with Crippen LogP contribution >= 0.6 is 23.2 Å². The Kier molecular flexibility index (Phi) is 19.3. The molecule has 2 saturated heterocycles. The van der Waals surface area contributed by atoms with Crippen molar-refractivity contribution in [1.29, 1.82) is 0 Å². The van der Waals surface area contributed by atoms with Gasteiger partial charge in [0.2, 0.25) is 11.8 Å². The predicted molar refractivity (Wildman–Crippen MR) is 285 cm³/mol. The molecular formula is C50H62Cl2N12O12S2. The van der Waals surface area contributed by atoms with Crippen LogP contribution in [0.5, 0.6) is 23.0 Å². The first-order valence-corrected chi connectivity index (χ1v) is 28.9. The smallest absolute Gasteiger partial charge is 0.220 e. The van der Waals surface area contributed by atoms with E-state index in [9.17, 15) is 26.4 Å². The van der Waals surface area contributed by atoms with Crippen molar-refractivity contribution in [2.75, 3.05) is 28.4 Å². The SMILES string of the molecule is COc1cccc(OC)c1-n1c(CS(=O)(=O)[C@@H](C)[C@@H](OC(C)C)c2ncc(Cl)cn2)nnc1[C@@H]1CCC(=O)N1.COc1cccc(OC)c1-n1c(CS(=O)(=O)[C@@H](C)[C@@H](OC(C)C)c2ncc(Cl)cn2)nnc1[C@H]1CCC(=O)N1. The van der Waals surface area contributed by atoms with E-state index in [0.29, 0.717) is 81.8 Å². The van der Waals surface area contributed by atoms with Crippen LogP contribution in [0.2, 0.25) is 10.0 Å². The Labute approximate surface area is 462 Å². The van der Waals surface area contributed by atoms with Crippen LogP contribution in [0, 0.1) is 0 Å². The summed E-state index contributed by atoms with van der Waals surface area (Å²) in [6.45, 7) is 10.3. The van der Waals surface area contributed by atoms with Crippen molar-refractivity contribution >= 4 is 54.7 Å². The van der Waals surface area contributed by atoms with Crippen molar-refractivity contribution in [3.05, 3.63) is 106 Å². The van der Waals surface area contributed by atoms with Gasteiger partial charge in [0, 0.05) is 37.6 Å². The minimum absolute atomic E-state index is 0.124. The van der Waals surface area contributed by atoms with Gasteiger partial charge in [0.25, 0.3) is 0 Å². The van der Waals surface area contributed by atoms with Gasteiger partial charge in [0.1, 0.15) is 58.1 Å². The van der Waals surface area contributed by atoms with E-state index in [1.54, 1.807) is 87.1 Å². The summed E-state index contributed by atoms with van der Waals surface area (Å²) in [7, 11) is -1.88. The van der Waals surface area contributed by atoms with Crippen LogP contribution in [-0.4, -0.2) is 129 Å². The second-order valence-electron chi connectivity index (χ2n) is 18.7. The summed E-state index contributed by atoms with van der Waals surface area (Å²) < 4.78 is 92.9. The number of benzene rings is 2. The minimum atomic E-state index is -3.94. The number of nitrogens with one attached hydrogen (secondary N) is 2. The fourth-order valence-corrected chi connectivity index (χ4v) is 11.7. The Morgan fingerprint density at radius 2 is 0.872 bits per heavy atom. The van der Waals surface area contributed by atoms with Crippen LogP contribution in [0.1, 0.15) is 126 Å². The Balaban J connectivity index is 0.000000226. The molecule has 0 aliphatic carbocycles. The third-order valence-corrected chi connectivity index (χ3v) is 17.1. The summed E-state index contributed by atoms with van der Waals surface area (Å²) in [4.78, 5) is 40.9. The van der Waals surface area contributed by atoms with Crippen LogP contribution in [0.4, 0.5) is 0 Å². The number of aromatic nitrogens is 10. The van der Waals surface area contributed by atoms with Crippen LogP contribution in [0.25, 0.3) is 11.4 Å². The summed E-state index contributed by atoms with van der Waals surface area (Å²) in [5.74, 6) is 1.84. The molecular weight excluding hydrogens is 1100 g/mol.